The monoisotopic (exact) mass is 734 g/mol. The Hall–Kier alpha value is -6.38. The van der Waals surface area contributed by atoms with Crippen LogP contribution in [0.2, 0.25) is 0 Å². The Morgan fingerprint density at radius 1 is 0.474 bits per heavy atom. The van der Waals surface area contributed by atoms with Gasteiger partial charge >= 0.3 is 0 Å². The summed E-state index contributed by atoms with van der Waals surface area (Å²) in [7, 11) is 0. The summed E-state index contributed by atoms with van der Waals surface area (Å²) in [6.07, 6.45) is 6.01. The fourth-order valence-corrected chi connectivity index (χ4v) is 10.6. The van der Waals surface area contributed by atoms with Gasteiger partial charge in [-0.2, -0.15) is 0 Å². The number of nitrogens with zero attached hydrogens (tertiary/aromatic N) is 2. The zero-order chi connectivity index (χ0) is 38.7. The molecule has 0 unspecified atom stereocenters. The van der Waals surface area contributed by atoms with E-state index in [0.717, 1.165) is 6.42 Å². The van der Waals surface area contributed by atoms with E-state index in [4.69, 9.17) is 0 Å². The van der Waals surface area contributed by atoms with Gasteiger partial charge in [0.15, 0.2) is 0 Å². The van der Waals surface area contributed by atoms with E-state index in [1.807, 2.05) is 0 Å². The van der Waals surface area contributed by atoms with E-state index >= 15 is 0 Å². The molecule has 1 heterocycles. The molecule has 0 bridgehead atoms. The van der Waals surface area contributed by atoms with Gasteiger partial charge in [-0.1, -0.05) is 149 Å². The molecule has 11 rings (SSSR count). The summed E-state index contributed by atoms with van der Waals surface area (Å²) in [6, 6.07) is 60.9. The summed E-state index contributed by atoms with van der Waals surface area (Å²) in [5.74, 6) is 0. The van der Waals surface area contributed by atoms with Gasteiger partial charge in [0.25, 0.3) is 0 Å². The molecule has 0 amide bonds. The van der Waals surface area contributed by atoms with E-state index in [1.165, 1.54) is 94.5 Å². The lowest BCUT2D eigenvalue weighted by Crippen LogP contribution is -2.43. The van der Waals surface area contributed by atoms with E-state index in [1.54, 1.807) is 0 Å². The summed E-state index contributed by atoms with van der Waals surface area (Å²) in [6.45, 7) is 12.0. The van der Waals surface area contributed by atoms with Crippen molar-refractivity contribution >= 4 is 38.8 Å². The molecule has 1 atom stereocenters. The first kappa shape index (κ1) is 33.9. The van der Waals surface area contributed by atoms with Crippen LogP contribution in [-0.2, 0) is 10.8 Å². The molecule has 1 aromatic heterocycles. The molecular formula is C55H46N2. The number of hydrogen-bond donors (Lipinski definition) is 0. The Bertz CT molecular complexity index is 2990. The van der Waals surface area contributed by atoms with E-state index in [2.05, 4.69) is 220 Å². The first-order valence-electron chi connectivity index (χ1n) is 20.4. The Kier molecular flexibility index (Phi) is 7.18. The topological polar surface area (TPSA) is 8.17 Å². The summed E-state index contributed by atoms with van der Waals surface area (Å²) in [5.41, 5.74) is 19.1. The number of anilines is 2. The van der Waals surface area contributed by atoms with Crippen LogP contribution in [0.25, 0.3) is 55.3 Å². The van der Waals surface area contributed by atoms with E-state index in [9.17, 15) is 0 Å². The number of hydrogen-bond acceptors (Lipinski definition) is 1. The van der Waals surface area contributed by atoms with Crippen LogP contribution in [0, 0.1) is 0 Å². The lowest BCUT2D eigenvalue weighted by molar-refractivity contribution is 0.549. The molecule has 0 saturated carbocycles. The summed E-state index contributed by atoms with van der Waals surface area (Å²) < 4.78 is 2.38. The first-order valence-corrected chi connectivity index (χ1v) is 20.4. The van der Waals surface area contributed by atoms with E-state index in [0.29, 0.717) is 0 Å². The molecule has 0 fully saturated rings. The van der Waals surface area contributed by atoms with Crippen molar-refractivity contribution in [2.24, 2.45) is 0 Å². The minimum absolute atomic E-state index is 0.0799. The summed E-state index contributed by atoms with van der Waals surface area (Å²) in [5, 5.41) is 2.54. The number of benzene rings is 7. The second-order valence-corrected chi connectivity index (χ2v) is 17.6. The molecule has 3 aliphatic carbocycles. The van der Waals surface area contributed by atoms with Gasteiger partial charge in [0.1, 0.15) is 0 Å². The predicted octanol–water partition coefficient (Wildman–Crippen LogP) is 14.4. The molecule has 0 radical (unpaired) electrons. The lowest BCUT2D eigenvalue weighted by Gasteiger charge is -2.44. The smallest absolute Gasteiger partial charge is 0.0646 e. The molecule has 7 aromatic carbocycles. The first-order chi connectivity index (χ1) is 27.6. The van der Waals surface area contributed by atoms with Crippen LogP contribution < -0.4 is 4.90 Å². The average molecular weight is 735 g/mol. The highest BCUT2D eigenvalue weighted by Gasteiger charge is 2.44. The molecule has 2 nitrogen and oxygen atoms in total. The zero-order valence-electron chi connectivity index (χ0n) is 33.3. The number of rotatable bonds is 5. The number of allylic oxidation sites excluding steroid dienone is 2. The van der Waals surface area contributed by atoms with Crippen LogP contribution in [0.4, 0.5) is 11.4 Å². The van der Waals surface area contributed by atoms with Crippen molar-refractivity contribution in [1.29, 1.82) is 0 Å². The van der Waals surface area contributed by atoms with Crippen LogP contribution in [-0.4, -0.2) is 10.1 Å². The molecule has 2 heteroatoms. The van der Waals surface area contributed by atoms with Crippen molar-refractivity contribution in [1.82, 2.24) is 4.57 Å². The molecular weight excluding hydrogens is 689 g/mol. The highest BCUT2D eigenvalue weighted by atomic mass is 15.2. The largest absolute Gasteiger partial charge is 0.332 e. The van der Waals surface area contributed by atoms with Crippen LogP contribution in [0.3, 0.4) is 0 Å². The van der Waals surface area contributed by atoms with Gasteiger partial charge in [0.2, 0.25) is 0 Å². The van der Waals surface area contributed by atoms with Crippen LogP contribution in [0.5, 0.6) is 0 Å². The fourth-order valence-electron chi connectivity index (χ4n) is 10.6. The van der Waals surface area contributed by atoms with Crippen molar-refractivity contribution < 1.29 is 0 Å². The van der Waals surface area contributed by atoms with E-state index < -0.39 is 0 Å². The summed E-state index contributed by atoms with van der Waals surface area (Å²) in [4.78, 5) is 2.62. The Labute approximate surface area is 336 Å². The van der Waals surface area contributed by atoms with Crippen LogP contribution in [0.1, 0.15) is 63.3 Å². The maximum atomic E-state index is 2.62. The van der Waals surface area contributed by atoms with Crippen molar-refractivity contribution in [3.63, 3.8) is 0 Å². The maximum Gasteiger partial charge on any atom is 0.0646 e. The number of fused-ring (bicyclic) bond motifs is 9. The van der Waals surface area contributed by atoms with Gasteiger partial charge < -0.3 is 9.47 Å². The second-order valence-electron chi connectivity index (χ2n) is 17.6. The van der Waals surface area contributed by atoms with Crippen LogP contribution in [0.15, 0.2) is 182 Å². The van der Waals surface area contributed by atoms with Gasteiger partial charge in [-0.25, -0.2) is 0 Å². The van der Waals surface area contributed by atoms with Crippen molar-refractivity contribution in [2.75, 3.05) is 4.90 Å². The molecule has 3 aliphatic rings. The molecule has 0 saturated heterocycles. The van der Waals surface area contributed by atoms with E-state index in [-0.39, 0.29) is 16.4 Å². The fraction of sp³-hybridized carbons (Fsp3) is 0.164. The highest BCUT2D eigenvalue weighted by Crippen LogP contribution is 2.55. The van der Waals surface area contributed by atoms with Gasteiger partial charge in [-0.15, -0.1) is 0 Å². The minimum Gasteiger partial charge on any atom is -0.332 e. The van der Waals surface area contributed by atoms with Gasteiger partial charge in [0, 0.05) is 38.7 Å². The Morgan fingerprint density at radius 3 is 1.88 bits per heavy atom. The third kappa shape index (κ3) is 4.89. The standard InChI is InChI=1S/C55H46N2/c1-53(2)47-20-12-9-17-41(47)43-29-28-40(34-49(43)53)57(55(5)32-31-44-42-18-10-13-21-48(42)54(3,4)50(44)35-55)39-26-23-36(24-27-39)37-25-30-52-46(33-37)45-19-11-14-22-51(45)56(52)38-15-7-6-8-16-38/h6-31,33-35H,32H2,1-5H3/t55-/m1/s1. The average Bonchev–Trinajstić information content (AvgIpc) is 3.78. The quantitative estimate of drug-likeness (QED) is 0.171. The molecule has 8 aromatic rings. The molecule has 0 spiro atoms. The van der Waals surface area contributed by atoms with Crippen molar-refractivity contribution in [2.45, 2.75) is 57.4 Å². The lowest BCUT2D eigenvalue weighted by atomic mass is 9.75. The Morgan fingerprint density at radius 2 is 1.09 bits per heavy atom. The Balaban J connectivity index is 1.04. The molecule has 276 valence electrons. The van der Waals surface area contributed by atoms with Crippen LogP contribution >= 0.6 is 0 Å². The normalized spacial score (nSPS) is 18.4. The highest BCUT2D eigenvalue weighted by molar-refractivity contribution is 6.10. The third-order valence-electron chi connectivity index (χ3n) is 13.5. The SMILES string of the molecule is CC1(C)C2=C[C@](C)(N(c3ccc(-c4ccc5c(c4)c4ccccc4n5-c4ccccc4)cc3)c3ccc4c(c3)C(C)(C)c3ccccc3-4)CC=C2c2ccccc21. The predicted molar refractivity (Wildman–Crippen MR) is 241 cm³/mol. The summed E-state index contributed by atoms with van der Waals surface area (Å²) >= 11 is 0. The minimum atomic E-state index is -0.304. The third-order valence-corrected chi connectivity index (χ3v) is 13.5. The molecule has 0 aliphatic heterocycles. The van der Waals surface area contributed by atoms with Crippen molar-refractivity contribution in [3.8, 4) is 27.9 Å². The van der Waals surface area contributed by atoms with Gasteiger partial charge in [-0.3, -0.25) is 0 Å². The number of para-hydroxylation sites is 2. The zero-order valence-corrected chi connectivity index (χ0v) is 33.3. The molecule has 57 heavy (non-hydrogen) atoms. The second kappa shape index (κ2) is 12.1. The number of aromatic nitrogens is 1. The maximum absolute atomic E-state index is 2.62. The molecule has 0 N–H and O–H groups in total. The van der Waals surface area contributed by atoms with Gasteiger partial charge in [0.05, 0.1) is 16.6 Å². The van der Waals surface area contributed by atoms with Crippen molar-refractivity contribution in [3.05, 3.63) is 204 Å². The van der Waals surface area contributed by atoms with Gasteiger partial charge in [-0.05, 0) is 124 Å².